The second-order valence-corrected chi connectivity index (χ2v) is 6.85. The van der Waals surface area contributed by atoms with Crippen molar-refractivity contribution in [1.82, 2.24) is 4.72 Å². The van der Waals surface area contributed by atoms with Gasteiger partial charge in [-0.1, -0.05) is 37.3 Å². The molecule has 1 aliphatic rings. The van der Waals surface area contributed by atoms with E-state index in [9.17, 15) is 8.42 Å². The van der Waals surface area contributed by atoms with Gasteiger partial charge in [0.05, 0.1) is 11.3 Å². The monoisotopic (exact) mass is 277 g/mol. The first-order valence-electron chi connectivity index (χ1n) is 6.45. The van der Waals surface area contributed by atoms with E-state index in [0.29, 0.717) is 12.8 Å². The third-order valence-corrected chi connectivity index (χ3v) is 5.00. The molecule has 1 aliphatic carbocycles. The Balaban J connectivity index is 3.00. The van der Waals surface area contributed by atoms with E-state index in [-0.39, 0.29) is 11.6 Å². The maximum atomic E-state index is 11.8. The predicted molar refractivity (Wildman–Crippen MR) is 71.1 cm³/mol. The number of rotatable bonds is 4. The smallest absolute Gasteiger partial charge is 0.212 e. The van der Waals surface area contributed by atoms with Crippen LogP contribution in [0.25, 0.3) is 0 Å². The normalized spacial score (nSPS) is 22.2. The number of sulfonamides is 1. The fourth-order valence-corrected chi connectivity index (χ4v) is 3.43. The summed E-state index contributed by atoms with van der Waals surface area (Å²) in [4.78, 5) is 0. The van der Waals surface area contributed by atoms with Crippen LogP contribution in [0.1, 0.15) is 51.9 Å². The van der Waals surface area contributed by atoms with Crippen molar-refractivity contribution >= 4 is 15.9 Å². The minimum Gasteiger partial charge on any atom is -0.409 e. The van der Waals surface area contributed by atoms with E-state index >= 15 is 0 Å². The van der Waals surface area contributed by atoms with Crippen LogP contribution in [0.15, 0.2) is 5.16 Å². The van der Waals surface area contributed by atoms with E-state index < -0.39 is 15.6 Å². The van der Waals surface area contributed by atoms with Crippen LogP contribution in [-0.4, -0.2) is 30.8 Å². The highest BCUT2D eigenvalue weighted by Gasteiger charge is 2.38. The van der Waals surface area contributed by atoms with Gasteiger partial charge in [0.2, 0.25) is 10.0 Å². The minimum absolute atomic E-state index is 0.00649. The van der Waals surface area contributed by atoms with Crippen molar-refractivity contribution in [2.24, 2.45) is 10.9 Å². The molecule has 0 heterocycles. The Morgan fingerprint density at radius 2 is 1.78 bits per heavy atom. The number of oxime groups is 1. The first-order chi connectivity index (χ1) is 8.46. The number of nitrogens with one attached hydrogen (secondary N) is 1. The molecule has 0 amide bonds. The zero-order valence-electron chi connectivity index (χ0n) is 10.9. The predicted octanol–water partition coefficient (Wildman–Crippen LogP) is 1.16. The zero-order chi connectivity index (χ0) is 13.6. The molecular formula is C11H23N3O3S. The van der Waals surface area contributed by atoms with Crippen molar-refractivity contribution < 1.29 is 13.6 Å². The Labute approximate surface area is 109 Å². The third kappa shape index (κ3) is 3.84. The number of hydrogen-bond donors (Lipinski definition) is 3. The first-order valence-corrected chi connectivity index (χ1v) is 8.10. The molecule has 4 N–H and O–H groups in total. The van der Waals surface area contributed by atoms with Crippen molar-refractivity contribution in [1.29, 1.82) is 0 Å². The van der Waals surface area contributed by atoms with Gasteiger partial charge < -0.3 is 10.9 Å². The van der Waals surface area contributed by atoms with Crippen LogP contribution in [0.3, 0.4) is 0 Å². The van der Waals surface area contributed by atoms with Crippen molar-refractivity contribution in [3.05, 3.63) is 0 Å². The van der Waals surface area contributed by atoms with Crippen LogP contribution in [0, 0.1) is 0 Å². The molecule has 0 unspecified atom stereocenters. The van der Waals surface area contributed by atoms with E-state index in [1.165, 1.54) is 0 Å². The van der Waals surface area contributed by atoms with E-state index in [1.54, 1.807) is 6.92 Å². The maximum absolute atomic E-state index is 11.8. The minimum atomic E-state index is -3.38. The molecule has 0 radical (unpaired) electrons. The van der Waals surface area contributed by atoms with Crippen LogP contribution >= 0.6 is 0 Å². The quantitative estimate of drug-likeness (QED) is 0.310. The Bertz CT molecular complexity index is 384. The van der Waals surface area contributed by atoms with Gasteiger partial charge in [-0.2, -0.15) is 0 Å². The van der Waals surface area contributed by atoms with Crippen LogP contribution < -0.4 is 10.5 Å². The summed E-state index contributed by atoms with van der Waals surface area (Å²) in [5.74, 6) is -0.0329. The lowest BCUT2D eigenvalue weighted by molar-refractivity contribution is 0.299. The summed E-state index contributed by atoms with van der Waals surface area (Å²) in [7, 11) is -3.38. The second-order valence-electron chi connectivity index (χ2n) is 4.84. The standard InChI is InChI=1S/C11H23N3O3S/c1-2-18(16,17)14-11(10(12)13-15)8-6-4-3-5-7-9-11/h14-15H,2-9H2,1H3,(H2,12,13). The van der Waals surface area contributed by atoms with Gasteiger partial charge in [-0.05, 0) is 19.8 Å². The average molecular weight is 277 g/mol. The summed E-state index contributed by atoms with van der Waals surface area (Å²) < 4.78 is 26.2. The molecule has 0 aliphatic heterocycles. The van der Waals surface area contributed by atoms with Crippen LogP contribution in [-0.2, 0) is 10.0 Å². The lowest BCUT2D eigenvalue weighted by atomic mass is 9.84. The molecule has 6 nitrogen and oxygen atoms in total. The number of hydrogen-bond acceptors (Lipinski definition) is 4. The molecule has 18 heavy (non-hydrogen) atoms. The molecule has 0 bridgehead atoms. The summed E-state index contributed by atoms with van der Waals surface area (Å²) >= 11 is 0. The van der Waals surface area contributed by atoms with Gasteiger partial charge in [-0.3, -0.25) is 0 Å². The van der Waals surface area contributed by atoms with Gasteiger partial charge >= 0.3 is 0 Å². The van der Waals surface area contributed by atoms with E-state index in [4.69, 9.17) is 10.9 Å². The molecule has 1 fully saturated rings. The van der Waals surface area contributed by atoms with Crippen LogP contribution in [0.5, 0.6) is 0 Å². The Morgan fingerprint density at radius 3 is 2.22 bits per heavy atom. The van der Waals surface area contributed by atoms with Crippen molar-refractivity contribution in [3.8, 4) is 0 Å². The van der Waals surface area contributed by atoms with Crippen molar-refractivity contribution in [2.75, 3.05) is 5.75 Å². The SMILES string of the molecule is CCS(=O)(=O)NC1(/C(N)=N/O)CCCCCCC1. The van der Waals surface area contributed by atoms with Crippen molar-refractivity contribution in [3.63, 3.8) is 0 Å². The third-order valence-electron chi connectivity index (χ3n) is 3.54. The Kier molecular flexibility index (Phi) is 5.40. The summed E-state index contributed by atoms with van der Waals surface area (Å²) in [6.45, 7) is 1.57. The molecule has 0 aromatic carbocycles. The van der Waals surface area contributed by atoms with E-state index in [0.717, 1.165) is 32.1 Å². The summed E-state index contributed by atoms with van der Waals surface area (Å²) in [5, 5.41) is 12.0. The second kappa shape index (κ2) is 6.38. The van der Waals surface area contributed by atoms with Gasteiger partial charge in [-0.15, -0.1) is 0 Å². The topological polar surface area (TPSA) is 105 Å². The van der Waals surface area contributed by atoms with Gasteiger partial charge in [0.15, 0.2) is 5.84 Å². The van der Waals surface area contributed by atoms with Gasteiger partial charge in [0.25, 0.3) is 0 Å². The highest BCUT2D eigenvalue weighted by molar-refractivity contribution is 7.89. The van der Waals surface area contributed by atoms with Crippen LogP contribution in [0.2, 0.25) is 0 Å². The molecule has 106 valence electrons. The summed E-state index contributed by atoms with van der Waals surface area (Å²) in [6, 6.07) is 0. The first kappa shape index (κ1) is 15.2. The summed E-state index contributed by atoms with van der Waals surface area (Å²) in [5.41, 5.74) is 4.83. The van der Waals surface area contributed by atoms with Gasteiger partial charge in [0, 0.05) is 0 Å². The molecule has 0 spiro atoms. The molecule has 0 aromatic rings. The molecule has 0 saturated heterocycles. The van der Waals surface area contributed by atoms with Crippen molar-refractivity contribution in [2.45, 2.75) is 57.4 Å². The van der Waals surface area contributed by atoms with Gasteiger partial charge in [-0.25, -0.2) is 13.1 Å². The number of nitrogens with zero attached hydrogens (tertiary/aromatic N) is 1. The molecule has 1 saturated carbocycles. The fourth-order valence-electron chi connectivity index (χ4n) is 2.38. The average Bonchev–Trinajstić information content (AvgIpc) is 2.31. The molecule has 7 heteroatoms. The van der Waals surface area contributed by atoms with Gasteiger partial charge in [0.1, 0.15) is 0 Å². The maximum Gasteiger partial charge on any atom is 0.212 e. The number of nitrogens with two attached hydrogens (primary N) is 1. The molecule has 1 rings (SSSR count). The fraction of sp³-hybridized carbons (Fsp3) is 0.909. The van der Waals surface area contributed by atoms with Crippen LogP contribution in [0.4, 0.5) is 0 Å². The van der Waals surface area contributed by atoms with E-state index in [1.807, 2.05) is 0 Å². The molecule has 0 atom stereocenters. The number of amidine groups is 1. The summed E-state index contributed by atoms with van der Waals surface area (Å²) in [6.07, 6.45) is 6.19. The van der Waals surface area contributed by atoms with E-state index in [2.05, 4.69) is 9.88 Å². The molecular weight excluding hydrogens is 254 g/mol. The zero-order valence-corrected chi connectivity index (χ0v) is 11.7. The Morgan fingerprint density at radius 1 is 1.28 bits per heavy atom. The lowest BCUT2D eigenvalue weighted by Gasteiger charge is -2.34. The molecule has 0 aromatic heterocycles. The highest BCUT2D eigenvalue weighted by atomic mass is 32.2. The Hall–Kier alpha value is -0.820. The highest BCUT2D eigenvalue weighted by Crippen LogP contribution is 2.27. The largest absolute Gasteiger partial charge is 0.409 e. The lowest BCUT2D eigenvalue weighted by Crippen LogP contribution is -2.58.